The minimum Gasteiger partial charge on any atom is -0.495 e. The molecule has 0 amide bonds. The number of nitrogens with zero attached hydrogens (tertiary/aromatic N) is 3. The van der Waals surface area contributed by atoms with Crippen molar-refractivity contribution in [1.29, 1.82) is 0 Å². The number of halogens is 1. The lowest BCUT2D eigenvalue weighted by atomic mass is 9.86. The third kappa shape index (κ3) is 4.57. The second-order valence-corrected chi connectivity index (χ2v) is 8.10. The Morgan fingerprint density at radius 1 is 1.25 bits per heavy atom. The number of allylic oxidation sites excluding steroid dienone is 1. The van der Waals surface area contributed by atoms with Gasteiger partial charge in [0.25, 0.3) is 0 Å². The van der Waals surface area contributed by atoms with Crippen LogP contribution in [0.2, 0.25) is 0 Å². The molecular formula is C25H26FN3O3. The number of carbonyl (C=O) groups is 1. The molecule has 4 rings (SSSR count). The monoisotopic (exact) mass is 435 g/mol. The predicted molar refractivity (Wildman–Crippen MR) is 119 cm³/mol. The van der Waals surface area contributed by atoms with Crippen molar-refractivity contribution >= 4 is 5.78 Å². The normalized spacial score (nSPS) is 18.8. The lowest BCUT2D eigenvalue weighted by Gasteiger charge is -2.39. The molecule has 0 bridgehead atoms. The van der Waals surface area contributed by atoms with Crippen molar-refractivity contribution in [2.75, 3.05) is 20.2 Å². The maximum absolute atomic E-state index is 13.2. The number of hydrogen-bond donors (Lipinski definition) is 1. The van der Waals surface area contributed by atoms with Crippen molar-refractivity contribution in [1.82, 2.24) is 14.5 Å². The number of β-amino-alcohol motifs (C(OH)–C–C–N with tert-alkyl or cyclic N) is 1. The van der Waals surface area contributed by atoms with Crippen LogP contribution in [-0.2, 0) is 5.60 Å². The molecule has 2 heterocycles. The van der Waals surface area contributed by atoms with Crippen LogP contribution in [0.4, 0.5) is 4.39 Å². The molecular weight excluding hydrogens is 409 g/mol. The van der Waals surface area contributed by atoms with Gasteiger partial charge in [-0.15, -0.1) is 0 Å². The Balaban J connectivity index is 1.48. The highest BCUT2D eigenvalue weighted by Gasteiger charge is 2.34. The van der Waals surface area contributed by atoms with Gasteiger partial charge in [0.05, 0.1) is 31.4 Å². The van der Waals surface area contributed by atoms with Crippen LogP contribution in [0.1, 0.15) is 34.5 Å². The summed E-state index contributed by atoms with van der Waals surface area (Å²) in [6.45, 7) is 2.98. The first-order valence-corrected chi connectivity index (χ1v) is 10.5. The maximum atomic E-state index is 13.2. The van der Waals surface area contributed by atoms with E-state index in [-0.39, 0.29) is 11.6 Å². The van der Waals surface area contributed by atoms with Gasteiger partial charge in [-0.25, -0.2) is 9.37 Å². The van der Waals surface area contributed by atoms with E-state index in [2.05, 4.69) is 4.98 Å². The number of aromatic nitrogens is 2. The molecule has 32 heavy (non-hydrogen) atoms. The Labute approximate surface area is 186 Å². The van der Waals surface area contributed by atoms with Crippen LogP contribution in [0.15, 0.2) is 67.3 Å². The standard InChI is InChI=1S/C25H26FN3O3/c1-18-15-29(17-27-18)22-9-4-19(14-24(22)32-2)23(30)10-13-28-12-3-11-25(31,16-28)20-5-7-21(26)8-6-20/h4-10,13-15,17,31H,3,11-12,16H2,1-2H3/b13-10+. The summed E-state index contributed by atoms with van der Waals surface area (Å²) in [5.41, 5.74) is 1.79. The summed E-state index contributed by atoms with van der Waals surface area (Å²) >= 11 is 0. The summed E-state index contributed by atoms with van der Waals surface area (Å²) in [6.07, 6.45) is 8.16. The van der Waals surface area contributed by atoms with Crippen LogP contribution in [0.3, 0.4) is 0 Å². The molecule has 0 radical (unpaired) electrons. The van der Waals surface area contributed by atoms with E-state index in [1.54, 1.807) is 43.9 Å². The fraction of sp³-hybridized carbons (Fsp3) is 0.280. The molecule has 1 unspecified atom stereocenters. The molecule has 0 saturated carbocycles. The van der Waals surface area contributed by atoms with Crippen LogP contribution >= 0.6 is 0 Å². The van der Waals surface area contributed by atoms with Gasteiger partial charge in [0.15, 0.2) is 5.78 Å². The van der Waals surface area contributed by atoms with Crippen LogP contribution < -0.4 is 4.74 Å². The lowest BCUT2D eigenvalue weighted by molar-refractivity contribution is -0.0218. The number of aliphatic hydroxyl groups is 1. The summed E-state index contributed by atoms with van der Waals surface area (Å²) in [4.78, 5) is 18.9. The van der Waals surface area contributed by atoms with E-state index in [9.17, 15) is 14.3 Å². The maximum Gasteiger partial charge on any atom is 0.187 e. The van der Waals surface area contributed by atoms with Gasteiger partial charge in [-0.3, -0.25) is 4.79 Å². The Kier molecular flexibility index (Phi) is 6.10. The molecule has 0 spiro atoms. The van der Waals surface area contributed by atoms with Crippen molar-refractivity contribution in [3.8, 4) is 11.4 Å². The number of ether oxygens (including phenoxy) is 1. The first-order chi connectivity index (χ1) is 15.4. The Morgan fingerprint density at radius 2 is 2.03 bits per heavy atom. The lowest BCUT2D eigenvalue weighted by Crippen LogP contribution is -2.43. The van der Waals surface area contributed by atoms with E-state index in [4.69, 9.17) is 4.74 Å². The van der Waals surface area contributed by atoms with Gasteiger partial charge >= 0.3 is 0 Å². The fourth-order valence-electron chi connectivity index (χ4n) is 4.06. The van der Waals surface area contributed by atoms with Crippen molar-refractivity contribution in [2.45, 2.75) is 25.4 Å². The van der Waals surface area contributed by atoms with E-state index < -0.39 is 5.60 Å². The number of methoxy groups -OCH3 is 1. The molecule has 1 aliphatic rings. The van der Waals surface area contributed by atoms with Crippen molar-refractivity contribution < 1.29 is 19.0 Å². The largest absolute Gasteiger partial charge is 0.495 e. The summed E-state index contributed by atoms with van der Waals surface area (Å²) in [6, 6.07) is 11.2. The van der Waals surface area contributed by atoms with Crippen molar-refractivity contribution in [2.24, 2.45) is 0 Å². The minimum absolute atomic E-state index is 0.160. The highest BCUT2D eigenvalue weighted by Crippen LogP contribution is 2.32. The second kappa shape index (κ2) is 8.96. The van der Waals surface area contributed by atoms with Crippen LogP contribution in [0.25, 0.3) is 5.69 Å². The number of piperidine rings is 1. The molecule has 1 N–H and O–H groups in total. The van der Waals surface area contributed by atoms with Crippen LogP contribution in [0, 0.1) is 12.7 Å². The quantitative estimate of drug-likeness (QED) is 0.468. The van der Waals surface area contributed by atoms with Crippen molar-refractivity contribution in [3.05, 3.63) is 89.9 Å². The van der Waals surface area contributed by atoms with Gasteiger partial charge < -0.3 is 19.3 Å². The van der Waals surface area contributed by atoms with Gasteiger partial charge in [-0.1, -0.05) is 12.1 Å². The smallest absolute Gasteiger partial charge is 0.187 e. The summed E-state index contributed by atoms with van der Waals surface area (Å²) in [5, 5.41) is 11.1. The van der Waals surface area contributed by atoms with Gasteiger partial charge in [-0.05, 0) is 55.7 Å². The summed E-state index contributed by atoms with van der Waals surface area (Å²) in [7, 11) is 1.57. The zero-order chi connectivity index (χ0) is 22.7. The zero-order valence-electron chi connectivity index (χ0n) is 18.2. The first-order valence-electron chi connectivity index (χ1n) is 10.5. The predicted octanol–water partition coefficient (Wildman–Crippen LogP) is 4.01. The Morgan fingerprint density at radius 3 is 2.72 bits per heavy atom. The van der Waals surface area contributed by atoms with Gasteiger partial charge in [0.1, 0.15) is 17.2 Å². The molecule has 1 aliphatic heterocycles. The first kappa shape index (κ1) is 21.8. The molecule has 1 fully saturated rings. The van der Waals surface area contributed by atoms with Gasteiger partial charge in [-0.2, -0.15) is 0 Å². The molecule has 3 aromatic rings. The van der Waals surface area contributed by atoms with Crippen LogP contribution in [-0.4, -0.2) is 45.5 Å². The average molecular weight is 435 g/mol. The van der Waals surface area contributed by atoms with E-state index in [0.29, 0.717) is 29.8 Å². The Hall–Kier alpha value is -3.45. The minimum atomic E-state index is -1.08. The van der Waals surface area contributed by atoms with Gasteiger partial charge in [0.2, 0.25) is 0 Å². The molecule has 2 aromatic carbocycles. The number of carbonyl (C=O) groups excluding carboxylic acids is 1. The summed E-state index contributed by atoms with van der Waals surface area (Å²) < 4.78 is 20.6. The fourth-order valence-corrected chi connectivity index (χ4v) is 4.06. The molecule has 6 nitrogen and oxygen atoms in total. The summed E-state index contributed by atoms with van der Waals surface area (Å²) in [5.74, 6) is 0.0815. The number of benzene rings is 2. The molecule has 1 saturated heterocycles. The van der Waals surface area contributed by atoms with E-state index in [0.717, 1.165) is 24.3 Å². The third-order valence-corrected chi connectivity index (χ3v) is 5.77. The highest BCUT2D eigenvalue weighted by atomic mass is 19.1. The average Bonchev–Trinajstić information content (AvgIpc) is 3.23. The number of hydrogen-bond acceptors (Lipinski definition) is 5. The molecule has 7 heteroatoms. The van der Waals surface area contributed by atoms with Gasteiger partial charge in [0, 0.05) is 30.6 Å². The number of ketones is 1. The van der Waals surface area contributed by atoms with E-state index >= 15 is 0 Å². The highest BCUT2D eigenvalue weighted by molar-refractivity contribution is 6.04. The number of rotatable bonds is 6. The number of aryl methyl sites for hydroxylation is 1. The van der Waals surface area contributed by atoms with E-state index in [1.807, 2.05) is 28.7 Å². The molecule has 1 atom stereocenters. The number of imidazole rings is 1. The zero-order valence-corrected chi connectivity index (χ0v) is 18.2. The molecule has 166 valence electrons. The third-order valence-electron chi connectivity index (χ3n) is 5.77. The SMILES string of the molecule is COc1cc(C(=O)/C=C/N2CCCC(O)(c3ccc(F)cc3)C2)ccc1-n1cnc(C)c1. The van der Waals surface area contributed by atoms with Crippen LogP contribution in [0.5, 0.6) is 5.75 Å². The second-order valence-electron chi connectivity index (χ2n) is 8.10. The Bertz CT molecular complexity index is 1140. The van der Waals surface area contributed by atoms with E-state index in [1.165, 1.54) is 18.2 Å². The van der Waals surface area contributed by atoms with Crippen molar-refractivity contribution in [3.63, 3.8) is 0 Å². The number of likely N-dealkylation sites (tertiary alicyclic amines) is 1. The molecule has 0 aliphatic carbocycles. The topological polar surface area (TPSA) is 67.6 Å². The molecule has 1 aromatic heterocycles.